The van der Waals surface area contributed by atoms with E-state index in [0.29, 0.717) is 0 Å². The Morgan fingerprint density at radius 2 is 2.05 bits per heavy atom. The summed E-state index contributed by atoms with van der Waals surface area (Å²) in [6.45, 7) is 5.67. The second-order valence-electron chi connectivity index (χ2n) is 5.99. The molecule has 2 heterocycles. The fourth-order valence-electron chi connectivity index (χ4n) is 3.53. The minimum absolute atomic E-state index is 0.178. The Morgan fingerprint density at radius 3 is 2.90 bits per heavy atom. The molecule has 1 aromatic carbocycles. The highest BCUT2D eigenvalue weighted by Gasteiger charge is 2.28. The van der Waals surface area contributed by atoms with E-state index in [0.717, 1.165) is 31.2 Å². The molecule has 0 saturated carbocycles. The van der Waals surface area contributed by atoms with Gasteiger partial charge in [-0.25, -0.2) is 0 Å². The summed E-state index contributed by atoms with van der Waals surface area (Å²) < 4.78 is 0. The van der Waals surface area contributed by atoms with Crippen LogP contribution < -0.4 is 5.73 Å². The second-order valence-corrected chi connectivity index (χ2v) is 5.99. The van der Waals surface area contributed by atoms with Gasteiger partial charge in [0.2, 0.25) is 0 Å². The van der Waals surface area contributed by atoms with Gasteiger partial charge in [-0.15, -0.1) is 0 Å². The largest absolute Gasteiger partial charge is 0.384 e. The van der Waals surface area contributed by atoms with Crippen molar-refractivity contribution in [1.29, 1.82) is 5.41 Å². The standard InChI is InChI=1S/C16H24N4/c17-16(18)15-7-2-1-5-13(15)11-19-9-10-20-8-4-3-6-14(20)12-19/h1-2,5,7,14H,3-4,6,8-12H2,(H3,17,18). The number of benzene rings is 1. The van der Waals surface area contributed by atoms with Crippen molar-refractivity contribution >= 4 is 5.84 Å². The van der Waals surface area contributed by atoms with Gasteiger partial charge in [0.25, 0.3) is 0 Å². The van der Waals surface area contributed by atoms with Crippen LogP contribution in [0.3, 0.4) is 0 Å². The number of nitrogens with zero attached hydrogens (tertiary/aromatic N) is 2. The van der Waals surface area contributed by atoms with E-state index in [9.17, 15) is 0 Å². The lowest BCUT2D eigenvalue weighted by Crippen LogP contribution is -2.54. The van der Waals surface area contributed by atoms with Crippen LogP contribution in [0.2, 0.25) is 0 Å². The van der Waals surface area contributed by atoms with E-state index in [1.165, 1.54) is 37.9 Å². The number of hydrogen-bond acceptors (Lipinski definition) is 3. The zero-order chi connectivity index (χ0) is 13.9. The number of fused-ring (bicyclic) bond motifs is 1. The summed E-state index contributed by atoms with van der Waals surface area (Å²) in [5, 5.41) is 7.69. The molecule has 3 rings (SSSR count). The number of nitrogens with two attached hydrogens (primary N) is 1. The summed E-state index contributed by atoms with van der Waals surface area (Å²) in [4.78, 5) is 5.17. The van der Waals surface area contributed by atoms with Gasteiger partial charge in [0.15, 0.2) is 0 Å². The molecule has 20 heavy (non-hydrogen) atoms. The molecule has 0 amide bonds. The van der Waals surface area contributed by atoms with E-state index < -0.39 is 0 Å². The topological polar surface area (TPSA) is 56.4 Å². The van der Waals surface area contributed by atoms with Crippen LogP contribution in [0.5, 0.6) is 0 Å². The van der Waals surface area contributed by atoms with Gasteiger partial charge in [-0.3, -0.25) is 15.2 Å². The third kappa shape index (κ3) is 2.86. The average molecular weight is 272 g/mol. The molecule has 1 unspecified atom stereocenters. The Balaban J connectivity index is 1.68. The van der Waals surface area contributed by atoms with Crippen LogP contribution in [0.1, 0.15) is 30.4 Å². The second kappa shape index (κ2) is 5.94. The first-order valence-electron chi connectivity index (χ1n) is 7.63. The number of nitrogen functional groups attached to an aromatic ring is 1. The summed E-state index contributed by atoms with van der Waals surface area (Å²) >= 11 is 0. The van der Waals surface area contributed by atoms with Gasteiger partial charge in [0.05, 0.1) is 0 Å². The smallest absolute Gasteiger partial charge is 0.123 e. The van der Waals surface area contributed by atoms with Crippen molar-refractivity contribution in [3.8, 4) is 0 Å². The molecule has 0 bridgehead atoms. The van der Waals surface area contributed by atoms with Gasteiger partial charge in [-0.05, 0) is 24.9 Å². The third-order valence-corrected chi connectivity index (χ3v) is 4.62. The highest BCUT2D eigenvalue weighted by Crippen LogP contribution is 2.22. The van der Waals surface area contributed by atoms with E-state index in [4.69, 9.17) is 11.1 Å². The lowest BCUT2D eigenvalue weighted by Gasteiger charge is -2.44. The molecule has 0 aliphatic carbocycles. The van der Waals surface area contributed by atoms with Crippen molar-refractivity contribution in [3.63, 3.8) is 0 Å². The first kappa shape index (κ1) is 13.6. The highest BCUT2D eigenvalue weighted by molar-refractivity contribution is 5.96. The van der Waals surface area contributed by atoms with E-state index in [2.05, 4.69) is 15.9 Å². The maximum absolute atomic E-state index is 7.69. The number of rotatable bonds is 3. The summed E-state index contributed by atoms with van der Waals surface area (Å²) in [6.07, 6.45) is 4.08. The van der Waals surface area contributed by atoms with Crippen LogP contribution in [0.15, 0.2) is 24.3 Å². The van der Waals surface area contributed by atoms with Crippen molar-refractivity contribution < 1.29 is 0 Å². The first-order chi connectivity index (χ1) is 9.74. The normalized spacial score (nSPS) is 24.3. The van der Waals surface area contributed by atoms with Gasteiger partial charge in [0.1, 0.15) is 5.84 Å². The lowest BCUT2D eigenvalue weighted by atomic mass is 9.98. The predicted molar refractivity (Wildman–Crippen MR) is 81.9 cm³/mol. The summed E-state index contributed by atoms with van der Waals surface area (Å²) in [7, 11) is 0. The fraction of sp³-hybridized carbons (Fsp3) is 0.562. The summed E-state index contributed by atoms with van der Waals surface area (Å²) in [5.74, 6) is 0.178. The monoisotopic (exact) mass is 272 g/mol. The molecular weight excluding hydrogens is 248 g/mol. The number of piperidine rings is 1. The highest BCUT2D eigenvalue weighted by atomic mass is 15.3. The molecule has 1 atom stereocenters. The number of piperazine rings is 1. The molecule has 2 fully saturated rings. The van der Waals surface area contributed by atoms with Gasteiger partial charge >= 0.3 is 0 Å². The molecule has 0 spiro atoms. The van der Waals surface area contributed by atoms with E-state index in [-0.39, 0.29) is 5.84 Å². The molecule has 4 nitrogen and oxygen atoms in total. The molecule has 3 N–H and O–H groups in total. The Labute approximate surface area is 121 Å². The predicted octanol–water partition coefficient (Wildman–Crippen LogP) is 1.64. The minimum Gasteiger partial charge on any atom is -0.384 e. The van der Waals surface area contributed by atoms with Crippen molar-refractivity contribution in [3.05, 3.63) is 35.4 Å². The molecule has 2 aliphatic rings. The average Bonchev–Trinajstić information content (AvgIpc) is 2.47. The Hall–Kier alpha value is -1.39. The molecule has 0 aromatic heterocycles. The lowest BCUT2D eigenvalue weighted by molar-refractivity contribution is 0.0456. The zero-order valence-electron chi connectivity index (χ0n) is 12.0. The van der Waals surface area contributed by atoms with Gasteiger partial charge in [-0.1, -0.05) is 30.7 Å². The number of nitrogens with one attached hydrogen (secondary N) is 1. The van der Waals surface area contributed by atoms with Gasteiger partial charge in [-0.2, -0.15) is 0 Å². The van der Waals surface area contributed by atoms with E-state index in [1.54, 1.807) is 0 Å². The van der Waals surface area contributed by atoms with E-state index in [1.807, 2.05) is 18.2 Å². The van der Waals surface area contributed by atoms with Crippen molar-refractivity contribution in [2.45, 2.75) is 31.8 Å². The maximum atomic E-state index is 7.69. The van der Waals surface area contributed by atoms with Crippen molar-refractivity contribution in [2.75, 3.05) is 26.2 Å². The van der Waals surface area contributed by atoms with Crippen molar-refractivity contribution in [1.82, 2.24) is 9.80 Å². The van der Waals surface area contributed by atoms with Crippen LogP contribution >= 0.6 is 0 Å². The third-order valence-electron chi connectivity index (χ3n) is 4.62. The van der Waals surface area contributed by atoms with Crippen LogP contribution in [0.25, 0.3) is 0 Å². The molecule has 108 valence electrons. The Bertz CT molecular complexity index is 485. The molecule has 4 heteroatoms. The number of hydrogen-bond donors (Lipinski definition) is 2. The quantitative estimate of drug-likeness (QED) is 0.649. The van der Waals surface area contributed by atoms with Crippen LogP contribution in [-0.4, -0.2) is 47.9 Å². The minimum atomic E-state index is 0.178. The Kier molecular flexibility index (Phi) is 4.03. The molecule has 2 aliphatic heterocycles. The molecule has 2 saturated heterocycles. The van der Waals surface area contributed by atoms with Gasteiger partial charge < -0.3 is 5.73 Å². The van der Waals surface area contributed by atoms with Gasteiger partial charge in [0, 0.05) is 37.8 Å². The van der Waals surface area contributed by atoms with Crippen LogP contribution in [0, 0.1) is 5.41 Å². The summed E-state index contributed by atoms with van der Waals surface area (Å²) in [6, 6.07) is 8.79. The van der Waals surface area contributed by atoms with Crippen LogP contribution in [0.4, 0.5) is 0 Å². The molecule has 1 aromatic rings. The first-order valence-corrected chi connectivity index (χ1v) is 7.63. The number of amidine groups is 1. The maximum Gasteiger partial charge on any atom is 0.123 e. The van der Waals surface area contributed by atoms with E-state index >= 15 is 0 Å². The zero-order valence-corrected chi connectivity index (χ0v) is 12.0. The van der Waals surface area contributed by atoms with Crippen LogP contribution in [-0.2, 0) is 6.54 Å². The molecular formula is C16H24N4. The summed E-state index contributed by atoms with van der Waals surface area (Å²) in [5.41, 5.74) is 7.75. The SMILES string of the molecule is N=C(N)c1ccccc1CN1CCN2CCCCC2C1. The molecule has 0 radical (unpaired) electrons. The fourth-order valence-corrected chi connectivity index (χ4v) is 3.53. The Morgan fingerprint density at radius 1 is 1.20 bits per heavy atom. The van der Waals surface area contributed by atoms with Crippen molar-refractivity contribution in [2.24, 2.45) is 5.73 Å².